The van der Waals surface area contributed by atoms with E-state index >= 15 is 0 Å². The highest BCUT2D eigenvalue weighted by Crippen LogP contribution is 2.43. The van der Waals surface area contributed by atoms with Gasteiger partial charge in [0.2, 0.25) is 5.91 Å². The fourth-order valence-electron chi connectivity index (χ4n) is 4.49. The van der Waals surface area contributed by atoms with Gasteiger partial charge in [0.1, 0.15) is 12.7 Å². The molecule has 1 amide bonds. The number of aliphatic hydroxyl groups excluding tert-OH is 1. The summed E-state index contributed by atoms with van der Waals surface area (Å²) in [4.78, 5) is 45.3. The van der Waals surface area contributed by atoms with Gasteiger partial charge in [-0.05, 0) is 12.8 Å². The van der Waals surface area contributed by atoms with E-state index in [4.69, 9.17) is 13.8 Å². The van der Waals surface area contributed by atoms with Gasteiger partial charge in [0.15, 0.2) is 6.04 Å². The van der Waals surface area contributed by atoms with Crippen LogP contribution in [-0.2, 0) is 32.7 Å². The van der Waals surface area contributed by atoms with E-state index in [9.17, 15) is 34.1 Å². The van der Waals surface area contributed by atoms with Gasteiger partial charge in [0.05, 0.1) is 13.2 Å². The second-order valence-electron chi connectivity index (χ2n) is 11.4. The van der Waals surface area contributed by atoms with Crippen LogP contribution in [0, 0.1) is 0 Å². The molecule has 11 nitrogen and oxygen atoms in total. The molecule has 0 radical (unpaired) electrons. The SMILES string of the molecule is CCCCCCCCCCCCC(=O)OCC(O)COP(=O)(O)OCC(NC(=O)CCCCCCCCCCC)C(=O)O. The monoisotopic (exact) mass is 637 g/mol. The molecule has 0 saturated carbocycles. The summed E-state index contributed by atoms with van der Waals surface area (Å²) in [6.45, 7) is 2.51. The molecule has 4 N–H and O–H groups in total. The number of esters is 1. The highest BCUT2D eigenvalue weighted by molar-refractivity contribution is 7.47. The number of hydrogen-bond donors (Lipinski definition) is 4. The minimum atomic E-state index is -4.73. The van der Waals surface area contributed by atoms with E-state index in [0.717, 1.165) is 38.5 Å². The molecule has 3 atom stereocenters. The summed E-state index contributed by atoms with van der Waals surface area (Å²) >= 11 is 0. The fourth-order valence-corrected chi connectivity index (χ4v) is 5.26. The smallest absolute Gasteiger partial charge is 0.472 e. The van der Waals surface area contributed by atoms with Gasteiger partial charge in [-0.3, -0.25) is 18.6 Å². The van der Waals surface area contributed by atoms with E-state index in [0.29, 0.717) is 12.8 Å². The zero-order valence-electron chi connectivity index (χ0n) is 26.8. The molecule has 0 rings (SSSR count). The van der Waals surface area contributed by atoms with Crippen LogP contribution in [0.15, 0.2) is 0 Å². The summed E-state index contributed by atoms with van der Waals surface area (Å²) in [7, 11) is -4.73. The summed E-state index contributed by atoms with van der Waals surface area (Å²) in [5, 5.41) is 21.6. The maximum Gasteiger partial charge on any atom is 0.472 e. The molecule has 12 heteroatoms. The number of nitrogens with one attached hydrogen (secondary N) is 1. The molecule has 0 bridgehead atoms. The minimum Gasteiger partial charge on any atom is -0.480 e. The molecule has 0 aromatic carbocycles. The number of carboxylic acid groups (broad SMARTS) is 1. The van der Waals surface area contributed by atoms with Crippen molar-refractivity contribution >= 4 is 25.7 Å². The van der Waals surface area contributed by atoms with Crippen molar-refractivity contribution in [2.45, 2.75) is 161 Å². The average molecular weight is 638 g/mol. The van der Waals surface area contributed by atoms with Crippen LogP contribution >= 0.6 is 7.82 Å². The number of carbonyl (C=O) groups excluding carboxylic acids is 2. The maximum absolute atomic E-state index is 12.1. The largest absolute Gasteiger partial charge is 0.480 e. The van der Waals surface area contributed by atoms with E-state index in [1.807, 2.05) is 0 Å². The normalized spacial score (nSPS) is 14.1. The Hall–Kier alpha value is -1.52. The number of ether oxygens (including phenoxy) is 1. The minimum absolute atomic E-state index is 0.150. The quantitative estimate of drug-likeness (QED) is 0.0359. The van der Waals surface area contributed by atoms with Gasteiger partial charge < -0.3 is 25.2 Å². The lowest BCUT2D eigenvalue weighted by atomic mass is 10.1. The average Bonchev–Trinajstić information content (AvgIpc) is 2.97. The zero-order chi connectivity index (χ0) is 32.2. The lowest BCUT2D eigenvalue weighted by Gasteiger charge is -2.18. The maximum atomic E-state index is 12.1. The summed E-state index contributed by atoms with van der Waals surface area (Å²) in [5.74, 6) is -2.37. The lowest BCUT2D eigenvalue weighted by molar-refractivity contribution is -0.147. The Kier molecular flexibility index (Phi) is 27.0. The van der Waals surface area contributed by atoms with Gasteiger partial charge in [-0.15, -0.1) is 0 Å². The molecular formula is C31H60NO10P. The van der Waals surface area contributed by atoms with E-state index in [2.05, 4.69) is 19.2 Å². The third-order valence-corrected chi connectivity index (χ3v) is 8.10. The van der Waals surface area contributed by atoms with Crippen LogP contribution in [0.3, 0.4) is 0 Å². The number of aliphatic carboxylic acids is 1. The molecule has 0 aliphatic rings. The number of carbonyl (C=O) groups is 3. The summed E-state index contributed by atoms with van der Waals surface area (Å²) in [6.07, 6.45) is 20.2. The first kappa shape index (κ1) is 41.5. The first-order chi connectivity index (χ1) is 20.6. The second-order valence-corrected chi connectivity index (χ2v) is 12.8. The summed E-state index contributed by atoms with van der Waals surface area (Å²) in [6, 6.07) is -1.54. The van der Waals surface area contributed by atoms with Crippen molar-refractivity contribution in [2.24, 2.45) is 0 Å². The molecule has 43 heavy (non-hydrogen) atoms. The first-order valence-electron chi connectivity index (χ1n) is 16.6. The predicted molar refractivity (Wildman–Crippen MR) is 167 cm³/mol. The lowest BCUT2D eigenvalue weighted by Crippen LogP contribution is -2.43. The molecule has 3 unspecified atom stereocenters. The Morgan fingerprint density at radius 2 is 1.07 bits per heavy atom. The Morgan fingerprint density at radius 3 is 1.53 bits per heavy atom. The van der Waals surface area contributed by atoms with E-state index < -0.39 is 57.6 Å². The Morgan fingerprint density at radius 1 is 0.651 bits per heavy atom. The standard InChI is InChI=1S/C31H60NO10P/c1-3-5-7-9-11-13-15-17-19-21-23-30(35)40-24-27(33)25-41-43(38,39)42-26-28(31(36)37)32-29(34)22-20-18-16-14-12-10-8-6-4-2/h27-28,33H,3-26H2,1-2H3,(H,32,34)(H,36,37)(H,38,39). The number of phosphoric acid groups is 1. The van der Waals surface area contributed by atoms with Crippen LogP contribution in [0.25, 0.3) is 0 Å². The number of aliphatic hydroxyl groups is 1. The summed E-state index contributed by atoms with van der Waals surface area (Å²) < 4.78 is 26.5. The summed E-state index contributed by atoms with van der Waals surface area (Å²) in [5.41, 5.74) is 0. The van der Waals surface area contributed by atoms with E-state index in [1.54, 1.807) is 0 Å². The molecule has 0 fully saturated rings. The van der Waals surface area contributed by atoms with Crippen molar-refractivity contribution in [1.29, 1.82) is 0 Å². The Labute approximate surface area is 259 Å². The molecule has 0 aliphatic heterocycles. The molecule has 254 valence electrons. The number of rotatable bonds is 31. The van der Waals surface area contributed by atoms with Crippen molar-refractivity contribution in [2.75, 3.05) is 19.8 Å². The van der Waals surface area contributed by atoms with Crippen LogP contribution in [0.1, 0.15) is 149 Å². The molecule has 0 aromatic rings. The van der Waals surface area contributed by atoms with Gasteiger partial charge >= 0.3 is 19.8 Å². The predicted octanol–water partition coefficient (Wildman–Crippen LogP) is 6.83. The first-order valence-corrected chi connectivity index (χ1v) is 18.1. The molecule has 0 saturated heterocycles. The molecule has 0 aliphatic carbocycles. The number of amides is 1. The molecular weight excluding hydrogens is 577 g/mol. The van der Waals surface area contributed by atoms with Crippen molar-refractivity contribution < 1.29 is 47.8 Å². The second kappa shape index (κ2) is 28.0. The number of unbranched alkanes of at least 4 members (excludes halogenated alkanes) is 17. The number of hydrogen-bond acceptors (Lipinski definition) is 8. The topological polar surface area (TPSA) is 169 Å². The molecule has 0 heterocycles. The van der Waals surface area contributed by atoms with Crippen LogP contribution in [-0.4, -0.2) is 64.9 Å². The van der Waals surface area contributed by atoms with E-state index in [1.165, 1.54) is 70.6 Å². The van der Waals surface area contributed by atoms with Crippen LogP contribution in [0.2, 0.25) is 0 Å². The highest BCUT2D eigenvalue weighted by atomic mass is 31.2. The number of carboxylic acids is 1. The van der Waals surface area contributed by atoms with Crippen LogP contribution < -0.4 is 5.32 Å². The third-order valence-electron chi connectivity index (χ3n) is 7.15. The van der Waals surface area contributed by atoms with Crippen molar-refractivity contribution in [3.05, 3.63) is 0 Å². The fraction of sp³-hybridized carbons (Fsp3) is 0.903. The van der Waals surface area contributed by atoms with Gasteiger partial charge in [-0.2, -0.15) is 0 Å². The van der Waals surface area contributed by atoms with Gasteiger partial charge in [0, 0.05) is 12.8 Å². The molecule has 0 aromatic heterocycles. The number of phosphoric ester groups is 1. The Balaban J connectivity index is 4.03. The molecule has 0 spiro atoms. The van der Waals surface area contributed by atoms with Gasteiger partial charge in [-0.1, -0.05) is 123 Å². The Bertz CT molecular complexity index is 767. The van der Waals surface area contributed by atoms with Crippen LogP contribution in [0.5, 0.6) is 0 Å². The third kappa shape index (κ3) is 27.7. The highest BCUT2D eigenvalue weighted by Gasteiger charge is 2.28. The van der Waals surface area contributed by atoms with Gasteiger partial charge in [0.25, 0.3) is 0 Å². The van der Waals surface area contributed by atoms with Crippen molar-refractivity contribution in [3.63, 3.8) is 0 Å². The zero-order valence-corrected chi connectivity index (χ0v) is 27.7. The van der Waals surface area contributed by atoms with E-state index in [-0.39, 0.29) is 12.8 Å². The van der Waals surface area contributed by atoms with Crippen LogP contribution in [0.4, 0.5) is 0 Å². The van der Waals surface area contributed by atoms with Crippen molar-refractivity contribution in [1.82, 2.24) is 5.32 Å². The van der Waals surface area contributed by atoms with Gasteiger partial charge in [-0.25, -0.2) is 9.36 Å². The van der Waals surface area contributed by atoms with Crippen molar-refractivity contribution in [3.8, 4) is 0 Å².